The van der Waals surface area contributed by atoms with E-state index in [0.717, 1.165) is 0 Å². The van der Waals surface area contributed by atoms with E-state index in [-0.39, 0.29) is 11.4 Å². The second kappa shape index (κ2) is 4.13. The molecule has 2 N–H and O–H groups in total. The van der Waals surface area contributed by atoms with Crippen LogP contribution in [-0.4, -0.2) is 18.1 Å². The number of rotatable bonds is 3. The first-order valence-electron chi connectivity index (χ1n) is 3.61. The zero-order valence-corrected chi connectivity index (χ0v) is 7.40. The summed E-state index contributed by atoms with van der Waals surface area (Å²) in [6.45, 7) is 9.92. The summed E-state index contributed by atoms with van der Waals surface area (Å²) in [5, 5.41) is 5.73. The number of carbonyl (C=O) groups is 1. The normalized spacial score (nSPS) is 10.8. The van der Waals surface area contributed by atoms with Crippen molar-refractivity contribution in [3.63, 3.8) is 0 Å². The lowest BCUT2D eigenvalue weighted by Crippen LogP contribution is -2.43. The van der Waals surface area contributed by atoms with Gasteiger partial charge >= 0.3 is 0 Å². The monoisotopic (exact) mass is 156 g/mol. The third-order valence-corrected chi connectivity index (χ3v) is 1.07. The minimum Gasteiger partial charge on any atom is -0.340 e. The predicted molar refractivity (Wildman–Crippen MR) is 46.1 cm³/mol. The lowest BCUT2D eigenvalue weighted by molar-refractivity contribution is -0.116. The highest BCUT2D eigenvalue weighted by atomic mass is 16.1. The maximum Gasteiger partial charge on any atom is 0.244 e. The fraction of sp³-hybridized carbons (Fsp3) is 0.625. The van der Waals surface area contributed by atoms with Gasteiger partial charge in [-0.25, -0.2) is 0 Å². The van der Waals surface area contributed by atoms with Gasteiger partial charge in [0.25, 0.3) is 0 Å². The Labute approximate surface area is 67.9 Å². The van der Waals surface area contributed by atoms with E-state index in [9.17, 15) is 4.79 Å². The number of carbonyl (C=O) groups excluding carboxylic acids is 1. The third-order valence-electron chi connectivity index (χ3n) is 1.07. The van der Waals surface area contributed by atoms with Crippen molar-refractivity contribution >= 4 is 5.91 Å². The van der Waals surface area contributed by atoms with E-state index in [2.05, 4.69) is 17.2 Å². The average molecular weight is 156 g/mol. The molecule has 0 radical (unpaired) electrons. The van der Waals surface area contributed by atoms with Crippen molar-refractivity contribution < 1.29 is 4.79 Å². The van der Waals surface area contributed by atoms with Gasteiger partial charge in [0.1, 0.15) is 0 Å². The molecule has 64 valence electrons. The largest absolute Gasteiger partial charge is 0.340 e. The highest BCUT2D eigenvalue weighted by Crippen LogP contribution is 1.95. The second-order valence-corrected chi connectivity index (χ2v) is 3.35. The van der Waals surface area contributed by atoms with Crippen molar-refractivity contribution in [3.8, 4) is 0 Å². The van der Waals surface area contributed by atoms with Crippen molar-refractivity contribution in [1.29, 1.82) is 0 Å². The summed E-state index contributed by atoms with van der Waals surface area (Å²) in [6.07, 6.45) is 1.25. The van der Waals surface area contributed by atoms with E-state index in [1.165, 1.54) is 6.08 Å². The molecule has 0 bridgehead atoms. The molecule has 0 saturated carbocycles. The minimum atomic E-state index is -0.151. The van der Waals surface area contributed by atoms with Gasteiger partial charge in [0.15, 0.2) is 0 Å². The number of hydrogen-bond donors (Lipinski definition) is 2. The van der Waals surface area contributed by atoms with E-state index in [0.29, 0.717) is 6.67 Å². The van der Waals surface area contributed by atoms with Crippen molar-refractivity contribution in [3.05, 3.63) is 12.7 Å². The molecule has 0 aromatic heterocycles. The van der Waals surface area contributed by atoms with Crippen molar-refractivity contribution in [2.75, 3.05) is 6.67 Å². The summed E-state index contributed by atoms with van der Waals surface area (Å²) in [7, 11) is 0. The topological polar surface area (TPSA) is 41.1 Å². The van der Waals surface area contributed by atoms with Crippen LogP contribution in [0.5, 0.6) is 0 Å². The van der Waals surface area contributed by atoms with E-state index in [4.69, 9.17) is 0 Å². The van der Waals surface area contributed by atoms with Crippen molar-refractivity contribution in [2.45, 2.75) is 26.3 Å². The Kier molecular flexibility index (Phi) is 3.82. The van der Waals surface area contributed by atoms with Gasteiger partial charge in [-0.15, -0.1) is 0 Å². The van der Waals surface area contributed by atoms with Gasteiger partial charge in [-0.3, -0.25) is 10.1 Å². The van der Waals surface area contributed by atoms with Gasteiger partial charge < -0.3 is 5.32 Å². The molecule has 0 saturated heterocycles. The fourth-order valence-electron chi connectivity index (χ4n) is 0.469. The molecule has 0 aliphatic carbocycles. The minimum absolute atomic E-state index is 0.0362. The summed E-state index contributed by atoms with van der Waals surface area (Å²) in [6, 6.07) is 0. The quantitative estimate of drug-likeness (QED) is 0.465. The lowest BCUT2D eigenvalue weighted by Gasteiger charge is -2.20. The molecule has 0 fully saturated rings. The number of nitrogens with one attached hydrogen (secondary N) is 2. The van der Waals surface area contributed by atoms with Crippen molar-refractivity contribution in [2.24, 2.45) is 0 Å². The Morgan fingerprint density at radius 2 is 2.09 bits per heavy atom. The van der Waals surface area contributed by atoms with Gasteiger partial charge in [-0.05, 0) is 26.8 Å². The summed E-state index contributed by atoms with van der Waals surface area (Å²) in [5.41, 5.74) is 0.0362. The molecule has 0 rings (SSSR count). The molecule has 0 heterocycles. The highest BCUT2D eigenvalue weighted by molar-refractivity contribution is 5.86. The molecule has 1 amide bonds. The molecule has 0 atom stereocenters. The predicted octanol–water partition coefficient (Wildman–Crippen LogP) is 0.634. The van der Waals surface area contributed by atoms with Crippen LogP contribution in [0.15, 0.2) is 12.7 Å². The second-order valence-electron chi connectivity index (χ2n) is 3.35. The van der Waals surface area contributed by atoms with Crippen LogP contribution in [0.3, 0.4) is 0 Å². The Bertz CT molecular complexity index is 147. The Hall–Kier alpha value is -0.830. The van der Waals surface area contributed by atoms with E-state index in [1.807, 2.05) is 20.8 Å². The van der Waals surface area contributed by atoms with Gasteiger partial charge in [0.05, 0.1) is 6.67 Å². The average Bonchev–Trinajstić information content (AvgIpc) is 1.85. The van der Waals surface area contributed by atoms with Crippen LogP contribution in [0.1, 0.15) is 20.8 Å². The van der Waals surface area contributed by atoms with Crippen LogP contribution in [0, 0.1) is 0 Å². The van der Waals surface area contributed by atoms with Crippen molar-refractivity contribution in [1.82, 2.24) is 10.6 Å². The molecule has 0 aliphatic rings. The molecule has 0 unspecified atom stereocenters. The lowest BCUT2D eigenvalue weighted by atomic mass is 10.1. The van der Waals surface area contributed by atoms with Gasteiger partial charge in [-0.2, -0.15) is 0 Å². The van der Waals surface area contributed by atoms with Crippen LogP contribution >= 0.6 is 0 Å². The van der Waals surface area contributed by atoms with Crippen LogP contribution in [0.25, 0.3) is 0 Å². The molecule has 0 aliphatic heterocycles. The summed E-state index contributed by atoms with van der Waals surface area (Å²) in [5.74, 6) is -0.151. The SMILES string of the molecule is C=CC(=O)NCNC(C)(C)C. The Morgan fingerprint density at radius 3 is 2.45 bits per heavy atom. The zero-order valence-electron chi connectivity index (χ0n) is 7.40. The first-order chi connectivity index (χ1) is 4.95. The molecule has 11 heavy (non-hydrogen) atoms. The molecule has 0 aromatic carbocycles. The zero-order chi connectivity index (χ0) is 8.91. The van der Waals surface area contributed by atoms with E-state index in [1.54, 1.807) is 0 Å². The summed E-state index contributed by atoms with van der Waals surface area (Å²) >= 11 is 0. The van der Waals surface area contributed by atoms with E-state index < -0.39 is 0 Å². The molecule has 3 nitrogen and oxygen atoms in total. The molecule has 0 aromatic rings. The summed E-state index contributed by atoms with van der Waals surface area (Å²) < 4.78 is 0. The molecule has 3 heteroatoms. The van der Waals surface area contributed by atoms with Gasteiger partial charge in [0.2, 0.25) is 5.91 Å². The Balaban J connectivity index is 3.42. The Morgan fingerprint density at radius 1 is 1.55 bits per heavy atom. The van der Waals surface area contributed by atoms with Gasteiger partial charge in [0, 0.05) is 5.54 Å². The standard InChI is InChI=1S/C8H16N2O/c1-5-7(11)9-6-10-8(2,3)4/h5,10H,1,6H2,2-4H3,(H,9,11). The third kappa shape index (κ3) is 7.06. The summed E-state index contributed by atoms with van der Waals surface area (Å²) in [4.78, 5) is 10.6. The fourth-order valence-corrected chi connectivity index (χ4v) is 0.469. The van der Waals surface area contributed by atoms with Crippen LogP contribution in [-0.2, 0) is 4.79 Å². The molecular formula is C8H16N2O. The smallest absolute Gasteiger partial charge is 0.244 e. The van der Waals surface area contributed by atoms with Crippen LogP contribution in [0.4, 0.5) is 0 Å². The van der Waals surface area contributed by atoms with E-state index >= 15 is 0 Å². The molecule has 0 spiro atoms. The first-order valence-corrected chi connectivity index (χ1v) is 3.61. The molecular weight excluding hydrogens is 140 g/mol. The van der Waals surface area contributed by atoms with Crippen LogP contribution in [0.2, 0.25) is 0 Å². The maximum absolute atomic E-state index is 10.6. The number of amides is 1. The van der Waals surface area contributed by atoms with Crippen LogP contribution < -0.4 is 10.6 Å². The maximum atomic E-state index is 10.6. The van der Waals surface area contributed by atoms with Gasteiger partial charge in [-0.1, -0.05) is 6.58 Å². The highest BCUT2D eigenvalue weighted by Gasteiger charge is 2.07. The first kappa shape index (κ1) is 10.2. The number of hydrogen-bond acceptors (Lipinski definition) is 2.